The average molecular weight is 243 g/mol. The van der Waals surface area contributed by atoms with E-state index in [4.69, 9.17) is 5.11 Å². The summed E-state index contributed by atoms with van der Waals surface area (Å²) in [6, 6.07) is -0.278. The van der Waals surface area contributed by atoms with Crippen molar-refractivity contribution in [1.82, 2.24) is 16.0 Å². The Morgan fingerprint density at radius 3 is 2.47 bits per heavy atom. The number of hydrogen-bond acceptors (Lipinski definition) is 3. The van der Waals surface area contributed by atoms with Crippen LogP contribution in [-0.2, 0) is 4.79 Å². The van der Waals surface area contributed by atoms with E-state index in [1.165, 1.54) is 12.8 Å². The fraction of sp³-hybridized carbons (Fsp3) is 0.818. The molecule has 1 heterocycles. The van der Waals surface area contributed by atoms with Gasteiger partial charge in [0.2, 0.25) is 0 Å². The number of piperidine rings is 1. The fourth-order valence-electron chi connectivity index (χ4n) is 1.91. The van der Waals surface area contributed by atoms with E-state index in [-0.39, 0.29) is 19.0 Å². The number of carbonyl (C=O) groups excluding carboxylic acids is 1. The van der Waals surface area contributed by atoms with Gasteiger partial charge < -0.3 is 21.1 Å². The van der Waals surface area contributed by atoms with Gasteiger partial charge in [-0.3, -0.25) is 4.79 Å². The van der Waals surface area contributed by atoms with Crippen molar-refractivity contribution in [3.8, 4) is 0 Å². The monoisotopic (exact) mass is 243 g/mol. The first kappa shape index (κ1) is 13.8. The average Bonchev–Trinajstić information content (AvgIpc) is 2.30. The first-order chi connectivity index (χ1) is 8.18. The van der Waals surface area contributed by atoms with Gasteiger partial charge in [0.05, 0.1) is 6.42 Å². The molecule has 0 aromatic rings. The maximum atomic E-state index is 11.2. The minimum atomic E-state index is -0.903. The van der Waals surface area contributed by atoms with E-state index >= 15 is 0 Å². The van der Waals surface area contributed by atoms with Crippen LogP contribution in [0.15, 0.2) is 0 Å². The largest absolute Gasteiger partial charge is 0.481 e. The second kappa shape index (κ2) is 7.89. The molecule has 6 nitrogen and oxygen atoms in total. The summed E-state index contributed by atoms with van der Waals surface area (Å²) in [4.78, 5) is 21.5. The van der Waals surface area contributed by atoms with Crippen LogP contribution in [0.5, 0.6) is 0 Å². The predicted molar refractivity (Wildman–Crippen MR) is 63.9 cm³/mol. The van der Waals surface area contributed by atoms with Crippen molar-refractivity contribution in [1.29, 1.82) is 0 Å². The summed E-state index contributed by atoms with van der Waals surface area (Å²) in [5.74, 6) is -0.212. The maximum absolute atomic E-state index is 11.2. The molecule has 2 amide bonds. The summed E-state index contributed by atoms with van der Waals surface area (Å²) < 4.78 is 0. The minimum Gasteiger partial charge on any atom is -0.481 e. The first-order valence-electron chi connectivity index (χ1n) is 6.12. The van der Waals surface area contributed by atoms with Gasteiger partial charge in [-0.05, 0) is 38.3 Å². The SMILES string of the molecule is O=C(O)CCNC(=O)NCCC1CCNCC1. The molecule has 4 N–H and O–H groups in total. The number of hydrogen-bond donors (Lipinski definition) is 4. The number of carboxylic acids is 1. The van der Waals surface area contributed by atoms with Crippen LogP contribution in [0.25, 0.3) is 0 Å². The van der Waals surface area contributed by atoms with Crippen molar-refractivity contribution >= 4 is 12.0 Å². The first-order valence-corrected chi connectivity index (χ1v) is 6.12. The number of urea groups is 1. The third-order valence-corrected chi connectivity index (χ3v) is 2.92. The molecule has 0 unspecified atom stereocenters. The van der Waals surface area contributed by atoms with Crippen molar-refractivity contribution in [3.05, 3.63) is 0 Å². The molecule has 6 heteroatoms. The Hall–Kier alpha value is -1.30. The summed E-state index contributed by atoms with van der Waals surface area (Å²) in [5, 5.41) is 16.9. The lowest BCUT2D eigenvalue weighted by molar-refractivity contribution is -0.136. The summed E-state index contributed by atoms with van der Waals surface area (Å²) >= 11 is 0. The highest BCUT2D eigenvalue weighted by Gasteiger charge is 2.12. The molecule has 0 spiro atoms. The Morgan fingerprint density at radius 2 is 1.82 bits per heavy atom. The smallest absolute Gasteiger partial charge is 0.314 e. The number of carboxylic acid groups (broad SMARTS) is 1. The quantitative estimate of drug-likeness (QED) is 0.534. The molecule has 0 bridgehead atoms. The van der Waals surface area contributed by atoms with E-state index in [0.717, 1.165) is 19.5 Å². The number of amides is 2. The summed E-state index contributed by atoms with van der Waals surface area (Å²) in [6.45, 7) is 2.96. The zero-order valence-electron chi connectivity index (χ0n) is 10.00. The van der Waals surface area contributed by atoms with Crippen LogP contribution in [0.1, 0.15) is 25.7 Å². The Kier molecular flexibility index (Phi) is 6.39. The molecule has 1 aliphatic rings. The molecule has 1 fully saturated rings. The standard InChI is InChI=1S/C11H21N3O3/c15-10(16)4-8-14-11(17)13-7-3-9-1-5-12-6-2-9/h9,12H,1-8H2,(H,15,16)(H2,13,14,17). The van der Waals surface area contributed by atoms with E-state index in [2.05, 4.69) is 16.0 Å². The van der Waals surface area contributed by atoms with Crippen molar-refractivity contribution in [3.63, 3.8) is 0 Å². The Morgan fingerprint density at radius 1 is 1.18 bits per heavy atom. The van der Waals surface area contributed by atoms with Gasteiger partial charge >= 0.3 is 12.0 Å². The number of rotatable bonds is 6. The molecule has 98 valence electrons. The molecular formula is C11H21N3O3. The van der Waals surface area contributed by atoms with Crippen molar-refractivity contribution in [2.24, 2.45) is 5.92 Å². The van der Waals surface area contributed by atoms with Crippen molar-refractivity contribution in [2.45, 2.75) is 25.7 Å². The van der Waals surface area contributed by atoms with Gasteiger partial charge in [-0.25, -0.2) is 4.79 Å². The Labute approximate surface area is 101 Å². The van der Waals surface area contributed by atoms with Crippen LogP contribution >= 0.6 is 0 Å². The molecule has 1 rings (SSSR count). The lowest BCUT2D eigenvalue weighted by atomic mass is 9.95. The van der Waals surface area contributed by atoms with E-state index in [0.29, 0.717) is 12.5 Å². The van der Waals surface area contributed by atoms with Crippen LogP contribution in [-0.4, -0.2) is 43.3 Å². The van der Waals surface area contributed by atoms with Crippen LogP contribution < -0.4 is 16.0 Å². The summed E-state index contributed by atoms with van der Waals surface area (Å²) in [5.41, 5.74) is 0. The highest BCUT2D eigenvalue weighted by Crippen LogP contribution is 2.14. The second-order valence-corrected chi connectivity index (χ2v) is 4.31. The van der Waals surface area contributed by atoms with Gasteiger partial charge in [0.25, 0.3) is 0 Å². The zero-order chi connectivity index (χ0) is 12.5. The van der Waals surface area contributed by atoms with Gasteiger partial charge in [0, 0.05) is 13.1 Å². The molecule has 0 aromatic carbocycles. The van der Waals surface area contributed by atoms with E-state index in [9.17, 15) is 9.59 Å². The van der Waals surface area contributed by atoms with Crippen molar-refractivity contribution < 1.29 is 14.7 Å². The van der Waals surface area contributed by atoms with Crippen molar-refractivity contribution in [2.75, 3.05) is 26.2 Å². The van der Waals surface area contributed by atoms with Gasteiger partial charge in [-0.1, -0.05) is 0 Å². The Balaban J connectivity index is 1.97. The van der Waals surface area contributed by atoms with Gasteiger partial charge in [-0.15, -0.1) is 0 Å². The summed E-state index contributed by atoms with van der Waals surface area (Å²) in [6.07, 6.45) is 3.29. The molecule has 0 atom stereocenters. The molecule has 0 aromatic heterocycles. The van der Waals surface area contributed by atoms with Crippen LogP contribution in [0.4, 0.5) is 4.79 Å². The van der Waals surface area contributed by atoms with Gasteiger partial charge in [0.1, 0.15) is 0 Å². The highest BCUT2D eigenvalue weighted by atomic mass is 16.4. The number of nitrogens with one attached hydrogen (secondary N) is 3. The molecule has 1 aliphatic heterocycles. The number of carbonyl (C=O) groups is 2. The third-order valence-electron chi connectivity index (χ3n) is 2.92. The topological polar surface area (TPSA) is 90.5 Å². The third kappa shape index (κ3) is 6.78. The lowest BCUT2D eigenvalue weighted by Gasteiger charge is -2.22. The van der Waals surface area contributed by atoms with Gasteiger partial charge in [0.15, 0.2) is 0 Å². The fourth-order valence-corrected chi connectivity index (χ4v) is 1.91. The number of aliphatic carboxylic acids is 1. The van der Waals surface area contributed by atoms with Crippen LogP contribution in [0.2, 0.25) is 0 Å². The highest BCUT2D eigenvalue weighted by molar-refractivity contribution is 5.74. The molecule has 0 aliphatic carbocycles. The zero-order valence-corrected chi connectivity index (χ0v) is 10.00. The molecule has 0 saturated carbocycles. The molecule has 17 heavy (non-hydrogen) atoms. The minimum absolute atomic E-state index is 0.0400. The van der Waals surface area contributed by atoms with E-state index in [1.807, 2.05) is 0 Å². The lowest BCUT2D eigenvalue weighted by Crippen LogP contribution is -2.38. The van der Waals surface area contributed by atoms with E-state index < -0.39 is 5.97 Å². The summed E-state index contributed by atoms with van der Waals surface area (Å²) in [7, 11) is 0. The predicted octanol–water partition coefficient (Wildman–Crippen LogP) is 0.150. The van der Waals surface area contributed by atoms with Crippen LogP contribution in [0.3, 0.4) is 0 Å². The Bertz CT molecular complexity index is 252. The molecule has 0 radical (unpaired) electrons. The van der Waals surface area contributed by atoms with E-state index in [1.54, 1.807) is 0 Å². The second-order valence-electron chi connectivity index (χ2n) is 4.31. The molecule has 1 saturated heterocycles. The maximum Gasteiger partial charge on any atom is 0.314 e. The normalized spacial score (nSPS) is 16.5. The van der Waals surface area contributed by atoms with Crippen LogP contribution in [0, 0.1) is 5.92 Å². The van der Waals surface area contributed by atoms with Gasteiger partial charge in [-0.2, -0.15) is 0 Å². The molecular weight excluding hydrogens is 222 g/mol.